The van der Waals surface area contributed by atoms with Gasteiger partial charge in [0.15, 0.2) is 0 Å². The first kappa shape index (κ1) is 15.8. The molecule has 0 aliphatic carbocycles. The number of hydrogen-bond acceptors (Lipinski definition) is 2. The Hall–Kier alpha value is 1.37. The zero-order chi connectivity index (χ0) is 4.28. The summed E-state index contributed by atoms with van der Waals surface area (Å²) in [6.07, 6.45) is 0.852. The summed E-state index contributed by atoms with van der Waals surface area (Å²) in [4.78, 5) is 0. The Balaban J connectivity index is -0.0000000800. The second-order valence-electron chi connectivity index (χ2n) is 0.726. The predicted molar refractivity (Wildman–Crippen MR) is 36.0 cm³/mol. The van der Waals surface area contributed by atoms with E-state index in [0.717, 1.165) is 6.42 Å². The number of rotatable bonds is 1. The van der Waals surface area contributed by atoms with Gasteiger partial charge in [0.25, 0.3) is 0 Å². The molecule has 38 valence electrons. The van der Waals surface area contributed by atoms with Crippen LogP contribution in [0.3, 0.4) is 0 Å². The largest absolute Gasteiger partial charge is 2.00 e. The van der Waals surface area contributed by atoms with Crippen LogP contribution in [-0.4, -0.2) is 27.2 Å². The van der Waals surface area contributed by atoms with Crippen molar-refractivity contribution >= 4 is 52.1 Å². The minimum Gasteiger partial charge on any atom is -1.00 e. The van der Waals surface area contributed by atoms with E-state index >= 15 is 0 Å². The molecule has 0 unspecified atom stereocenters. The number of hydrogen-bond donors (Lipinski definition) is 0. The molecule has 0 nitrogen and oxygen atoms in total. The smallest absolute Gasteiger partial charge is 1.00 e. The molecule has 0 saturated heterocycles. The normalized spacial score (nSPS) is 5.29. The van der Waals surface area contributed by atoms with E-state index in [0.29, 0.717) is 4.20 Å². The molecule has 0 radical (unpaired) electrons. The standard InChI is InChI=1S/C3H6S2.ClH.Mg/c1-2-3(4)5;;/h2H2,1H3,(H,4,5);1H;/q;;+2/p-2. The third kappa shape index (κ3) is 18.7. The molecule has 0 spiro atoms. The minimum absolute atomic E-state index is 0. The summed E-state index contributed by atoms with van der Waals surface area (Å²) in [5, 5.41) is 0. The van der Waals surface area contributed by atoms with Crippen LogP contribution in [0, 0.1) is 0 Å². The molecule has 0 rings (SSSR count). The van der Waals surface area contributed by atoms with Gasteiger partial charge in [0.2, 0.25) is 0 Å². The van der Waals surface area contributed by atoms with Gasteiger partial charge in [0.05, 0.1) is 0 Å². The van der Waals surface area contributed by atoms with E-state index in [1.807, 2.05) is 6.92 Å². The molecule has 0 saturated carbocycles. The maximum absolute atomic E-state index is 4.51. The van der Waals surface area contributed by atoms with Crippen LogP contribution in [0.5, 0.6) is 0 Å². The van der Waals surface area contributed by atoms with Crippen LogP contribution in [-0.2, 0) is 12.6 Å². The molecule has 0 aliphatic rings. The first-order chi connectivity index (χ1) is 2.27. The fourth-order valence-electron chi connectivity index (χ4n) is 0. The quantitative estimate of drug-likeness (QED) is 0.248. The van der Waals surface area contributed by atoms with E-state index in [1.54, 1.807) is 0 Å². The SMILES string of the molecule is CCC(=S)[S-].[Cl-].[Mg+2]. The second-order valence-corrected chi connectivity index (χ2v) is 1.97. The van der Waals surface area contributed by atoms with Crippen molar-refractivity contribution in [3.05, 3.63) is 0 Å². The van der Waals surface area contributed by atoms with Crippen molar-refractivity contribution in [1.82, 2.24) is 0 Å². The molecule has 0 aliphatic heterocycles. The fourth-order valence-corrected chi connectivity index (χ4v) is 0. The summed E-state index contributed by atoms with van der Waals surface area (Å²) in [7, 11) is 0. The Labute approximate surface area is 77.4 Å². The van der Waals surface area contributed by atoms with Crippen molar-refractivity contribution in [3.63, 3.8) is 0 Å². The zero-order valence-electron chi connectivity index (χ0n) is 4.11. The zero-order valence-corrected chi connectivity index (χ0v) is 7.91. The van der Waals surface area contributed by atoms with Gasteiger partial charge >= 0.3 is 23.1 Å². The molecular formula is C3H5ClMgS2. The molecule has 4 heteroatoms. The topological polar surface area (TPSA) is 0 Å². The summed E-state index contributed by atoms with van der Waals surface area (Å²) < 4.78 is 0.671. The van der Waals surface area contributed by atoms with E-state index in [-0.39, 0.29) is 35.5 Å². The van der Waals surface area contributed by atoms with Crippen LogP contribution >= 0.6 is 12.2 Å². The number of thiocarbonyl (C=S) groups is 1. The van der Waals surface area contributed by atoms with Crippen LogP contribution in [0.4, 0.5) is 0 Å². The number of halogens is 1. The fraction of sp³-hybridized carbons (Fsp3) is 0.667. The van der Waals surface area contributed by atoms with Crippen LogP contribution in [0.25, 0.3) is 0 Å². The van der Waals surface area contributed by atoms with Gasteiger partial charge in [-0.2, -0.15) is 4.20 Å². The summed E-state index contributed by atoms with van der Waals surface area (Å²) in [5.41, 5.74) is 0. The predicted octanol–water partition coefficient (Wildman–Crippen LogP) is -2.11. The molecule has 0 aromatic carbocycles. The average Bonchev–Trinajstić information content (AvgIpc) is 1.38. The molecule has 0 N–H and O–H groups in total. The van der Waals surface area contributed by atoms with Gasteiger partial charge in [-0.25, -0.2) is 0 Å². The Morgan fingerprint density at radius 3 is 1.86 bits per heavy atom. The Morgan fingerprint density at radius 1 is 1.71 bits per heavy atom. The van der Waals surface area contributed by atoms with Crippen molar-refractivity contribution in [3.8, 4) is 0 Å². The van der Waals surface area contributed by atoms with Gasteiger partial charge in [-0.05, 0) is 6.42 Å². The van der Waals surface area contributed by atoms with E-state index in [4.69, 9.17) is 0 Å². The summed E-state index contributed by atoms with van der Waals surface area (Å²) in [5.74, 6) is 0. The summed E-state index contributed by atoms with van der Waals surface area (Å²) >= 11 is 9.02. The van der Waals surface area contributed by atoms with Gasteiger partial charge in [-0.3, -0.25) is 0 Å². The van der Waals surface area contributed by atoms with E-state index in [2.05, 4.69) is 24.8 Å². The molecule has 0 bridgehead atoms. The molecule has 0 fully saturated rings. The first-order valence-corrected chi connectivity index (χ1v) is 2.29. The molecule has 0 atom stereocenters. The Morgan fingerprint density at radius 2 is 1.86 bits per heavy atom. The van der Waals surface area contributed by atoms with Crippen molar-refractivity contribution < 1.29 is 12.4 Å². The molecular weight excluding hydrogens is 160 g/mol. The van der Waals surface area contributed by atoms with E-state index < -0.39 is 0 Å². The van der Waals surface area contributed by atoms with Gasteiger partial charge in [0.1, 0.15) is 0 Å². The van der Waals surface area contributed by atoms with Crippen LogP contribution in [0.1, 0.15) is 13.3 Å². The third-order valence-electron chi connectivity index (χ3n) is 0.289. The van der Waals surface area contributed by atoms with Crippen molar-refractivity contribution in [2.45, 2.75) is 13.3 Å². The van der Waals surface area contributed by atoms with Crippen LogP contribution in [0.2, 0.25) is 0 Å². The molecule has 0 amide bonds. The monoisotopic (exact) mass is 164 g/mol. The Bertz CT molecular complexity index is 48.2. The molecule has 7 heavy (non-hydrogen) atoms. The van der Waals surface area contributed by atoms with Gasteiger partial charge in [0, 0.05) is 0 Å². The van der Waals surface area contributed by atoms with E-state index in [9.17, 15) is 0 Å². The molecule has 0 heterocycles. The van der Waals surface area contributed by atoms with E-state index in [1.165, 1.54) is 0 Å². The van der Waals surface area contributed by atoms with Crippen LogP contribution < -0.4 is 12.4 Å². The summed E-state index contributed by atoms with van der Waals surface area (Å²) in [6.45, 7) is 1.95. The second kappa shape index (κ2) is 10.4. The summed E-state index contributed by atoms with van der Waals surface area (Å²) in [6, 6.07) is 0. The average molecular weight is 165 g/mol. The maximum atomic E-state index is 4.51. The van der Waals surface area contributed by atoms with Gasteiger partial charge in [-0.15, -0.1) is 0 Å². The van der Waals surface area contributed by atoms with Crippen LogP contribution in [0.15, 0.2) is 0 Å². The van der Waals surface area contributed by atoms with Gasteiger partial charge < -0.3 is 37.3 Å². The Kier molecular flexibility index (Phi) is 23.3. The van der Waals surface area contributed by atoms with Crippen molar-refractivity contribution in [2.24, 2.45) is 0 Å². The van der Waals surface area contributed by atoms with Crippen molar-refractivity contribution in [1.29, 1.82) is 0 Å². The minimum atomic E-state index is 0. The molecule has 0 aromatic rings. The van der Waals surface area contributed by atoms with Gasteiger partial charge in [-0.1, -0.05) is 6.92 Å². The molecule has 0 aromatic heterocycles. The first-order valence-electron chi connectivity index (χ1n) is 1.47. The maximum Gasteiger partial charge on any atom is 2.00 e. The third-order valence-corrected chi connectivity index (χ3v) is 0.866. The van der Waals surface area contributed by atoms with Crippen molar-refractivity contribution in [2.75, 3.05) is 0 Å².